The predicted octanol–water partition coefficient (Wildman–Crippen LogP) is -1.30. The van der Waals surface area contributed by atoms with Crippen molar-refractivity contribution in [1.82, 2.24) is 10.2 Å². The van der Waals surface area contributed by atoms with Crippen LogP contribution in [0.15, 0.2) is 30.3 Å². The van der Waals surface area contributed by atoms with E-state index in [4.69, 9.17) is 14.6 Å². The highest BCUT2D eigenvalue weighted by Crippen LogP contribution is 2.23. The molecule has 0 aromatic heterocycles. The maximum atomic E-state index is 12.7. The summed E-state index contributed by atoms with van der Waals surface area (Å²) in [5.74, 6) is -0.597. The first-order chi connectivity index (χ1) is 13.9. The Morgan fingerprint density at radius 3 is 2.59 bits per heavy atom. The van der Waals surface area contributed by atoms with E-state index in [1.807, 2.05) is 30.3 Å². The normalized spacial score (nSPS) is 32.1. The van der Waals surface area contributed by atoms with Gasteiger partial charge in [0, 0.05) is 6.54 Å². The van der Waals surface area contributed by atoms with Gasteiger partial charge >= 0.3 is 6.09 Å². The van der Waals surface area contributed by atoms with E-state index in [9.17, 15) is 24.9 Å². The summed E-state index contributed by atoms with van der Waals surface area (Å²) < 4.78 is 10.3. The predicted molar refractivity (Wildman–Crippen MR) is 98.3 cm³/mol. The number of amides is 2. The third-order valence-electron chi connectivity index (χ3n) is 5.20. The van der Waals surface area contributed by atoms with E-state index in [1.54, 1.807) is 0 Å². The van der Waals surface area contributed by atoms with Gasteiger partial charge in [-0.1, -0.05) is 30.3 Å². The lowest BCUT2D eigenvalue weighted by molar-refractivity contribution is -0.254. The van der Waals surface area contributed by atoms with Crippen molar-refractivity contribution in [2.45, 2.75) is 56.1 Å². The number of hydrogen-bond donors (Lipinski definition) is 5. The van der Waals surface area contributed by atoms with Gasteiger partial charge in [-0.05, 0) is 18.4 Å². The van der Waals surface area contributed by atoms with Crippen molar-refractivity contribution < 1.29 is 39.5 Å². The zero-order valence-electron chi connectivity index (χ0n) is 15.8. The number of ether oxygens (including phenoxy) is 2. The second kappa shape index (κ2) is 9.51. The molecule has 1 aromatic carbocycles. The molecule has 0 bridgehead atoms. The number of likely N-dealkylation sites (tertiary alicyclic amines) is 1. The molecule has 10 heteroatoms. The molecule has 3 rings (SSSR count). The molecule has 2 aliphatic rings. The first kappa shape index (κ1) is 21.5. The number of carbonyl (C=O) groups is 2. The van der Waals surface area contributed by atoms with Crippen LogP contribution in [0.25, 0.3) is 0 Å². The summed E-state index contributed by atoms with van der Waals surface area (Å²) >= 11 is 0. The fraction of sp³-hybridized carbons (Fsp3) is 0.579. The standard InChI is InChI=1S/C19H26N2O8/c22-9-13-15(23)16(24)14(18(26)29-13)20-17(25)12-7-4-8-21(12)19(27)28-10-11-5-2-1-3-6-11/h1-3,5-6,12-16,18,22-24,26H,4,7-10H2,(H,20,25)/t12-,13+,14+,15+,16+,18?/m0/s1. The van der Waals surface area contributed by atoms with Crippen LogP contribution in [0.3, 0.4) is 0 Å². The number of aliphatic hydroxyl groups is 4. The van der Waals surface area contributed by atoms with Gasteiger partial charge in [-0.15, -0.1) is 0 Å². The number of hydrogen-bond acceptors (Lipinski definition) is 8. The Bertz CT molecular complexity index is 703. The molecular formula is C19H26N2O8. The topological polar surface area (TPSA) is 149 Å². The van der Waals surface area contributed by atoms with E-state index in [0.717, 1.165) is 5.56 Å². The summed E-state index contributed by atoms with van der Waals surface area (Å²) in [6.07, 6.45) is -5.44. The van der Waals surface area contributed by atoms with E-state index in [0.29, 0.717) is 19.4 Å². The maximum Gasteiger partial charge on any atom is 0.410 e. The molecule has 1 aromatic rings. The van der Waals surface area contributed by atoms with Gasteiger partial charge in [0.25, 0.3) is 0 Å². The van der Waals surface area contributed by atoms with Gasteiger partial charge in [0.1, 0.15) is 37.0 Å². The van der Waals surface area contributed by atoms with Crippen LogP contribution < -0.4 is 5.32 Å². The van der Waals surface area contributed by atoms with Gasteiger partial charge in [-0.25, -0.2) is 4.79 Å². The molecule has 2 amide bonds. The van der Waals surface area contributed by atoms with Crippen LogP contribution >= 0.6 is 0 Å². The molecule has 29 heavy (non-hydrogen) atoms. The fourth-order valence-corrected chi connectivity index (χ4v) is 3.57. The summed E-state index contributed by atoms with van der Waals surface area (Å²) in [7, 11) is 0. The molecule has 0 aliphatic carbocycles. The number of nitrogens with zero attached hydrogens (tertiary/aromatic N) is 1. The van der Waals surface area contributed by atoms with Gasteiger partial charge < -0.3 is 35.2 Å². The van der Waals surface area contributed by atoms with Gasteiger partial charge in [-0.2, -0.15) is 0 Å². The zero-order chi connectivity index (χ0) is 21.0. The van der Waals surface area contributed by atoms with E-state index < -0.39 is 55.3 Å². The monoisotopic (exact) mass is 410 g/mol. The summed E-state index contributed by atoms with van der Waals surface area (Å²) in [5.41, 5.74) is 0.819. The van der Waals surface area contributed by atoms with E-state index in [2.05, 4.69) is 5.32 Å². The van der Waals surface area contributed by atoms with Crippen LogP contribution in [0.1, 0.15) is 18.4 Å². The molecule has 2 saturated heterocycles. The largest absolute Gasteiger partial charge is 0.445 e. The lowest BCUT2D eigenvalue weighted by Crippen LogP contribution is -2.65. The van der Waals surface area contributed by atoms with Crippen LogP contribution in [0, 0.1) is 0 Å². The van der Waals surface area contributed by atoms with Gasteiger partial charge in [0.2, 0.25) is 5.91 Å². The Kier molecular flexibility index (Phi) is 7.04. The van der Waals surface area contributed by atoms with Crippen molar-refractivity contribution in [1.29, 1.82) is 0 Å². The van der Waals surface area contributed by atoms with Crippen molar-refractivity contribution in [3.63, 3.8) is 0 Å². The molecule has 2 fully saturated rings. The number of benzene rings is 1. The number of nitrogens with one attached hydrogen (secondary N) is 1. The minimum Gasteiger partial charge on any atom is -0.445 e. The molecule has 5 N–H and O–H groups in total. The average Bonchev–Trinajstić information content (AvgIpc) is 3.23. The van der Waals surface area contributed by atoms with Gasteiger partial charge in [0.05, 0.1) is 6.61 Å². The molecule has 0 radical (unpaired) electrons. The molecular weight excluding hydrogens is 384 g/mol. The molecule has 6 atom stereocenters. The fourth-order valence-electron chi connectivity index (χ4n) is 3.57. The number of aliphatic hydroxyl groups excluding tert-OH is 4. The second-order valence-corrected chi connectivity index (χ2v) is 7.15. The van der Waals surface area contributed by atoms with Gasteiger partial charge in [0.15, 0.2) is 6.29 Å². The van der Waals surface area contributed by atoms with Crippen LogP contribution in [0.2, 0.25) is 0 Å². The highest BCUT2D eigenvalue weighted by atomic mass is 16.6. The van der Waals surface area contributed by atoms with Crippen LogP contribution in [0.4, 0.5) is 4.79 Å². The first-order valence-electron chi connectivity index (χ1n) is 9.50. The van der Waals surface area contributed by atoms with Crippen LogP contribution in [0.5, 0.6) is 0 Å². The third-order valence-corrected chi connectivity index (χ3v) is 5.20. The van der Waals surface area contributed by atoms with Gasteiger partial charge in [-0.3, -0.25) is 9.69 Å². The lowest BCUT2D eigenvalue weighted by Gasteiger charge is -2.40. The lowest BCUT2D eigenvalue weighted by atomic mass is 9.96. The van der Waals surface area contributed by atoms with E-state index >= 15 is 0 Å². The molecule has 160 valence electrons. The maximum absolute atomic E-state index is 12.7. The van der Waals surface area contributed by atoms with Crippen LogP contribution in [-0.4, -0.2) is 87.2 Å². The van der Waals surface area contributed by atoms with E-state index in [1.165, 1.54) is 4.90 Å². The van der Waals surface area contributed by atoms with Crippen molar-refractivity contribution >= 4 is 12.0 Å². The van der Waals surface area contributed by atoms with E-state index in [-0.39, 0.29) is 6.61 Å². The molecule has 1 unspecified atom stereocenters. The summed E-state index contributed by atoms with van der Waals surface area (Å²) in [6, 6.07) is 7.01. The average molecular weight is 410 g/mol. The second-order valence-electron chi connectivity index (χ2n) is 7.15. The minimum absolute atomic E-state index is 0.0765. The highest BCUT2D eigenvalue weighted by molar-refractivity contribution is 5.86. The van der Waals surface area contributed by atoms with Crippen molar-refractivity contribution in [2.75, 3.05) is 13.2 Å². The summed E-state index contributed by atoms with van der Waals surface area (Å²) in [6.45, 7) is -0.181. The first-order valence-corrected chi connectivity index (χ1v) is 9.50. The summed E-state index contributed by atoms with van der Waals surface area (Å²) in [4.78, 5) is 26.4. The Labute approximate surface area is 167 Å². The molecule has 2 aliphatic heterocycles. The molecule has 2 heterocycles. The Morgan fingerprint density at radius 2 is 1.90 bits per heavy atom. The molecule has 0 saturated carbocycles. The Morgan fingerprint density at radius 1 is 1.17 bits per heavy atom. The third kappa shape index (κ3) is 4.85. The van der Waals surface area contributed by atoms with Crippen molar-refractivity contribution in [3.05, 3.63) is 35.9 Å². The number of rotatable bonds is 5. The Hall–Kier alpha value is -2.24. The van der Waals surface area contributed by atoms with Crippen molar-refractivity contribution in [3.8, 4) is 0 Å². The quantitative estimate of drug-likeness (QED) is 0.402. The van der Waals surface area contributed by atoms with Crippen LogP contribution in [-0.2, 0) is 20.9 Å². The van der Waals surface area contributed by atoms with Crippen molar-refractivity contribution in [2.24, 2.45) is 0 Å². The zero-order valence-corrected chi connectivity index (χ0v) is 15.8. The highest BCUT2D eigenvalue weighted by Gasteiger charge is 2.46. The smallest absolute Gasteiger partial charge is 0.410 e. The number of carbonyl (C=O) groups excluding carboxylic acids is 2. The molecule has 10 nitrogen and oxygen atoms in total. The molecule has 0 spiro atoms. The SMILES string of the molecule is O=C(N[C@H]1C(O)O[C@H](CO)[C@@H](O)[C@@H]1O)[C@@H]1CCCN1C(=O)OCc1ccccc1. The minimum atomic E-state index is -1.62. The Balaban J connectivity index is 1.58. The summed E-state index contributed by atoms with van der Waals surface area (Å²) in [5, 5.41) is 41.7.